The Balaban J connectivity index is -0.0000000267. The molecule has 0 radical (unpaired) electrons. The first-order chi connectivity index (χ1) is 2.00. The third kappa shape index (κ3) is 140. The molecule has 0 aliphatic carbocycles. The molecule has 0 unspecified atom stereocenters. The Labute approximate surface area is 63.5 Å². The summed E-state index contributed by atoms with van der Waals surface area (Å²) in [6, 6.07) is 0. The van der Waals surface area contributed by atoms with E-state index in [0.29, 0.717) is 0 Å². The van der Waals surface area contributed by atoms with E-state index >= 15 is 0 Å². The summed E-state index contributed by atoms with van der Waals surface area (Å²) >= 11 is 0. The molecule has 44 valence electrons. The smallest absolute Gasteiger partial charge is 1.00 e. The van der Waals surface area contributed by atoms with Crippen molar-refractivity contribution in [1.82, 2.24) is 0 Å². The molecule has 0 aromatic heterocycles. The summed E-state index contributed by atoms with van der Waals surface area (Å²) in [5, 5.41) is 0. The van der Waals surface area contributed by atoms with Crippen molar-refractivity contribution in [3.63, 3.8) is 0 Å². The molecule has 0 spiro atoms. The largest absolute Gasteiger partial charge is 1.00 e. The molecule has 0 heterocycles. The van der Waals surface area contributed by atoms with Gasteiger partial charge in [0.1, 0.15) is 0 Å². The van der Waals surface area contributed by atoms with E-state index in [2.05, 4.69) is 0 Å². The van der Waals surface area contributed by atoms with E-state index < -0.39 is 7.91 Å². The summed E-state index contributed by atoms with van der Waals surface area (Å²) < 4.78 is 19.0. The number of halogens is 1. The molecule has 0 aromatic carbocycles. The summed E-state index contributed by atoms with van der Waals surface area (Å²) in [5.41, 5.74) is 0. The van der Waals surface area contributed by atoms with Gasteiger partial charge in [0.25, 0.3) is 0 Å². The van der Waals surface area contributed by atoms with Crippen molar-refractivity contribution >= 4 is 7.91 Å². The number of rotatable bonds is 0. The van der Waals surface area contributed by atoms with Crippen LogP contribution in [-0.4, -0.2) is 9.79 Å². The molecule has 0 saturated heterocycles. The molecular weight excluding hydrogens is 164 g/mol. The van der Waals surface area contributed by atoms with E-state index in [4.69, 9.17) is 14.4 Å². The van der Waals surface area contributed by atoms with Crippen molar-refractivity contribution in [3.8, 4) is 0 Å². The van der Waals surface area contributed by atoms with Crippen LogP contribution in [0.2, 0.25) is 0 Å². The van der Waals surface area contributed by atoms with Gasteiger partial charge in [0.05, 0.1) is 0 Å². The second kappa shape index (κ2) is 5.31. The summed E-state index contributed by atoms with van der Waals surface area (Å²) in [4.78, 5) is 13.9. The molecule has 0 aromatic rings. The molecule has 7 heavy (non-hydrogen) atoms. The average Bonchev–Trinajstić information content (AvgIpc) is 0.722. The van der Waals surface area contributed by atoms with Crippen LogP contribution >= 0.6 is 7.91 Å². The minimum Gasteiger partial charge on any atom is -1.00 e. The van der Waals surface area contributed by atoms with E-state index in [-0.39, 0.29) is 36.8 Å². The van der Waals surface area contributed by atoms with Gasteiger partial charge in [-0.3, -0.25) is 9.79 Å². The van der Waals surface area contributed by atoms with Crippen LogP contribution in [0.1, 0.15) is 1.43 Å². The van der Waals surface area contributed by atoms with Gasteiger partial charge < -0.3 is 1.43 Å². The van der Waals surface area contributed by atoms with Crippen LogP contribution in [0.3, 0.4) is 0 Å². The summed E-state index contributed by atoms with van der Waals surface area (Å²) in [6.07, 6.45) is 0. The van der Waals surface area contributed by atoms with Gasteiger partial charge in [-0.1, -0.05) is 0 Å². The van der Waals surface area contributed by atoms with Crippen molar-refractivity contribution < 1.29 is 55.3 Å². The molecule has 2 N–H and O–H groups in total. The molecule has 0 rings (SSSR count). The SMILES string of the molecule is O=P(O)(O)F.[H-].[Li+].[Ni]. The van der Waals surface area contributed by atoms with Crippen LogP contribution in [0.5, 0.6) is 0 Å². The normalized spacial score (nSPS) is 8.43. The Morgan fingerprint density at radius 2 is 1.57 bits per heavy atom. The first kappa shape index (κ1) is 15.7. The Morgan fingerprint density at radius 1 is 1.57 bits per heavy atom. The van der Waals surface area contributed by atoms with Gasteiger partial charge in [0, 0.05) is 16.5 Å². The van der Waals surface area contributed by atoms with Crippen LogP contribution in [0.15, 0.2) is 0 Å². The Morgan fingerprint density at radius 3 is 1.57 bits per heavy atom. The second-order valence-corrected chi connectivity index (χ2v) is 1.42. The molecule has 0 amide bonds. The van der Waals surface area contributed by atoms with Gasteiger partial charge in [-0.15, -0.1) is 4.20 Å². The van der Waals surface area contributed by atoms with Crippen LogP contribution < -0.4 is 18.9 Å². The van der Waals surface area contributed by atoms with Crippen molar-refractivity contribution in [3.05, 3.63) is 0 Å². The molecule has 0 aliphatic heterocycles. The summed E-state index contributed by atoms with van der Waals surface area (Å²) in [5.74, 6) is 0. The molecule has 0 saturated carbocycles. The van der Waals surface area contributed by atoms with Crippen molar-refractivity contribution in [1.29, 1.82) is 0 Å². The minimum absolute atomic E-state index is 0. The first-order valence-electron chi connectivity index (χ1n) is 0.752. The Bertz CT molecular complexity index is 65.4. The van der Waals surface area contributed by atoms with Gasteiger partial charge in [-0.05, 0) is 0 Å². The van der Waals surface area contributed by atoms with E-state index in [0.717, 1.165) is 0 Å². The fourth-order valence-corrected chi connectivity index (χ4v) is 0. The van der Waals surface area contributed by atoms with E-state index in [1.54, 1.807) is 0 Å². The molecule has 3 nitrogen and oxygen atoms in total. The average molecular weight is 167 g/mol. The zero-order valence-electron chi connectivity index (χ0n) is 4.44. The zero-order valence-corrected chi connectivity index (χ0v) is 5.33. The topological polar surface area (TPSA) is 57.5 Å². The fraction of sp³-hybridized carbons (Fsp3) is 0. The molecule has 0 bridgehead atoms. The molecule has 0 fully saturated rings. The molecule has 7 heteroatoms. The standard InChI is InChI=1S/FH2O3P.Li.Ni.H/c1-5(2,3)4;;;/h(H2,2,3,4);;;/q;+1;;-1. The number of hydrogen-bond acceptors (Lipinski definition) is 1. The van der Waals surface area contributed by atoms with Crippen LogP contribution in [0.4, 0.5) is 4.20 Å². The third-order valence-corrected chi connectivity index (χ3v) is 0. The second-order valence-electron chi connectivity index (χ2n) is 0.473. The summed E-state index contributed by atoms with van der Waals surface area (Å²) in [7, 11) is -5.14. The van der Waals surface area contributed by atoms with Crippen LogP contribution in [0.25, 0.3) is 0 Å². The Kier molecular flexibility index (Phi) is 11.9. The summed E-state index contributed by atoms with van der Waals surface area (Å²) in [6.45, 7) is 0. The van der Waals surface area contributed by atoms with Gasteiger partial charge >= 0.3 is 26.8 Å². The fourth-order valence-electron chi connectivity index (χ4n) is 0. The Hall–Kier alpha value is 1.17. The molecule has 0 aliphatic rings. The number of hydrogen-bond donors (Lipinski definition) is 2. The maximum absolute atomic E-state index is 10.4. The van der Waals surface area contributed by atoms with Gasteiger partial charge in [-0.2, -0.15) is 0 Å². The van der Waals surface area contributed by atoms with Crippen LogP contribution in [0, 0.1) is 0 Å². The predicted molar refractivity (Wildman–Crippen MR) is 14.3 cm³/mol. The van der Waals surface area contributed by atoms with E-state index in [1.807, 2.05) is 0 Å². The van der Waals surface area contributed by atoms with Gasteiger partial charge in [0.2, 0.25) is 0 Å². The van der Waals surface area contributed by atoms with Gasteiger partial charge in [0.15, 0.2) is 0 Å². The van der Waals surface area contributed by atoms with Crippen molar-refractivity contribution in [2.45, 2.75) is 0 Å². The molecule has 0 atom stereocenters. The minimum atomic E-state index is -5.14. The third-order valence-electron chi connectivity index (χ3n) is 0. The maximum atomic E-state index is 10.4. The predicted octanol–water partition coefficient (Wildman–Crippen LogP) is -2.84. The quantitative estimate of drug-likeness (QED) is 0.301. The van der Waals surface area contributed by atoms with Crippen molar-refractivity contribution in [2.75, 3.05) is 0 Å². The maximum Gasteiger partial charge on any atom is 1.00 e. The van der Waals surface area contributed by atoms with E-state index in [1.165, 1.54) is 0 Å². The van der Waals surface area contributed by atoms with Crippen LogP contribution in [-0.2, 0) is 21.1 Å². The zero-order chi connectivity index (χ0) is 4.50. The van der Waals surface area contributed by atoms with E-state index in [9.17, 15) is 4.20 Å². The van der Waals surface area contributed by atoms with Crippen molar-refractivity contribution in [2.24, 2.45) is 0 Å². The first-order valence-corrected chi connectivity index (χ1v) is 2.25. The van der Waals surface area contributed by atoms with Gasteiger partial charge in [-0.25, -0.2) is 4.57 Å². The molecular formula is H3FLiNiO3P. The monoisotopic (exact) mass is 166 g/mol.